The van der Waals surface area contributed by atoms with Crippen molar-refractivity contribution in [2.24, 2.45) is 0 Å². The van der Waals surface area contributed by atoms with Gasteiger partial charge in [0, 0.05) is 13.0 Å². The summed E-state index contributed by atoms with van der Waals surface area (Å²) in [5, 5.41) is 8.35. The first kappa shape index (κ1) is 13.1. The first-order valence-corrected chi connectivity index (χ1v) is 4.91. The number of carboxylic acids is 1. The molecule has 0 heterocycles. The minimum atomic E-state index is -1.07. The molecule has 0 aliphatic carbocycles. The van der Waals surface area contributed by atoms with E-state index in [1.807, 2.05) is 0 Å². The van der Waals surface area contributed by atoms with Crippen LogP contribution >= 0.6 is 0 Å². The SMILES string of the molecule is CCCCOC(C)CC(=O)CC(=O)O. The van der Waals surface area contributed by atoms with Gasteiger partial charge in [0.15, 0.2) is 0 Å². The van der Waals surface area contributed by atoms with Crippen LogP contribution in [0.2, 0.25) is 0 Å². The van der Waals surface area contributed by atoms with Gasteiger partial charge < -0.3 is 9.84 Å². The maximum Gasteiger partial charge on any atom is 0.310 e. The molecule has 0 radical (unpaired) electrons. The van der Waals surface area contributed by atoms with Crippen molar-refractivity contribution < 1.29 is 19.4 Å². The summed E-state index contributed by atoms with van der Waals surface area (Å²) in [5.41, 5.74) is 0. The van der Waals surface area contributed by atoms with Crippen molar-refractivity contribution in [1.29, 1.82) is 0 Å². The Balaban J connectivity index is 3.55. The molecule has 82 valence electrons. The van der Waals surface area contributed by atoms with E-state index in [4.69, 9.17) is 9.84 Å². The molecule has 0 saturated carbocycles. The van der Waals surface area contributed by atoms with E-state index in [1.165, 1.54) is 0 Å². The van der Waals surface area contributed by atoms with Gasteiger partial charge in [0.05, 0.1) is 6.10 Å². The molecule has 4 heteroatoms. The minimum absolute atomic E-state index is 0.173. The van der Waals surface area contributed by atoms with E-state index in [9.17, 15) is 9.59 Å². The van der Waals surface area contributed by atoms with Gasteiger partial charge in [-0.2, -0.15) is 0 Å². The summed E-state index contributed by atoms with van der Waals surface area (Å²) in [7, 11) is 0. The Morgan fingerprint density at radius 1 is 1.43 bits per heavy atom. The second kappa shape index (κ2) is 7.50. The van der Waals surface area contributed by atoms with E-state index in [0.29, 0.717) is 6.61 Å². The molecule has 1 unspecified atom stereocenters. The molecular formula is C10H18O4. The third-order valence-electron chi connectivity index (χ3n) is 1.76. The molecule has 0 aromatic carbocycles. The van der Waals surface area contributed by atoms with Gasteiger partial charge in [0.2, 0.25) is 0 Å². The van der Waals surface area contributed by atoms with Crippen LogP contribution in [0.1, 0.15) is 39.5 Å². The number of carbonyl (C=O) groups is 2. The number of aliphatic carboxylic acids is 1. The summed E-state index contributed by atoms with van der Waals surface area (Å²) in [6.45, 7) is 4.48. The zero-order chi connectivity index (χ0) is 11.0. The van der Waals surface area contributed by atoms with Crippen LogP contribution in [-0.4, -0.2) is 29.6 Å². The van der Waals surface area contributed by atoms with Crippen LogP contribution in [0, 0.1) is 0 Å². The Hall–Kier alpha value is -0.900. The van der Waals surface area contributed by atoms with Gasteiger partial charge in [0.1, 0.15) is 12.2 Å². The van der Waals surface area contributed by atoms with Gasteiger partial charge in [-0.15, -0.1) is 0 Å². The van der Waals surface area contributed by atoms with E-state index < -0.39 is 12.4 Å². The van der Waals surface area contributed by atoms with Crippen molar-refractivity contribution in [3.63, 3.8) is 0 Å². The van der Waals surface area contributed by atoms with Gasteiger partial charge in [-0.05, 0) is 13.3 Å². The fourth-order valence-corrected chi connectivity index (χ4v) is 1.05. The van der Waals surface area contributed by atoms with Crippen LogP contribution in [0.25, 0.3) is 0 Å². The molecule has 1 atom stereocenters. The lowest BCUT2D eigenvalue weighted by Crippen LogP contribution is -2.17. The summed E-state index contributed by atoms with van der Waals surface area (Å²) in [5.74, 6) is -1.35. The molecule has 0 spiro atoms. The van der Waals surface area contributed by atoms with Crippen molar-refractivity contribution in [3.05, 3.63) is 0 Å². The fourth-order valence-electron chi connectivity index (χ4n) is 1.05. The zero-order valence-corrected chi connectivity index (χ0v) is 8.78. The van der Waals surface area contributed by atoms with Crippen molar-refractivity contribution >= 4 is 11.8 Å². The fraction of sp³-hybridized carbons (Fsp3) is 0.800. The lowest BCUT2D eigenvalue weighted by molar-refractivity contribution is -0.140. The van der Waals surface area contributed by atoms with Crippen molar-refractivity contribution in [3.8, 4) is 0 Å². The third kappa shape index (κ3) is 7.73. The largest absolute Gasteiger partial charge is 0.481 e. The first-order valence-electron chi connectivity index (χ1n) is 4.91. The third-order valence-corrected chi connectivity index (χ3v) is 1.76. The van der Waals surface area contributed by atoms with E-state index in [2.05, 4.69) is 6.92 Å². The molecule has 0 aliphatic rings. The van der Waals surface area contributed by atoms with Gasteiger partial charge in [0.25, 0.3) is 0 Å². The molecule has 0 aromatic rings. The Morgan fingerprint density at radius 2 is 2.07 bits per heavy atom. The Kier molecular flexibility index (Phi) is 7.02. The summed E-state index contributed by atoms with van der Waals surface area (Å²) in [4.78, 5) is 21.2. The first-order chi connectivity index (χ1) is 6.56. The van der Waals surface area contributed by atoms with Crippen LogP contribution in [0.3, 0.4) is 0 Å². The molecule has 0 saturated heterocycles. The predicted octanol–water partition coefficient (Wildman–Crippen LogP) is 1.63. The standard InChI is InChI=1S/C10H18O4/c1-3-4-5-14-8(2)6-9(11)7-10(12)13/h8H,3-7H2,1-2H3,(H,12,13). The highest BCUT2D eigenvalue weighted by Crippen LogP contribution is 2.02. The molecule has 0 fully saturated rings. The Labute approximate surface area is 84.3 Å². The molecule has 0 amide bonds. The van der Waals surface area contributed by atoms with Gasteiger partial charge in [-0.3, -0.25) is 9.59 Å². The molecule has 0 aliphatic heterocycles. The molecular weight excluding hydrogens is 184 g/mol. The predicted molar refractivity (Wildman–Crippen MR) is 52.2 cm³/mol. The molecule has 1 N–H and O–H groups in total. The van der Waals surface area contributed by atoms with Crippen LogP contribution in [-0.2, 0) is 14.3 Å². The van der Waals surface area contributed by atoms with Crippen LogP contribution in [0.4, 0.5) is 0 Å². The number of ketones is 1. The molecule has 14 heavy (non-hydrogen) atoms. The van der Waals surface area contributed by atoms with E-state index in [0.717, 1.165) is 12.8 Å². The topological polar surface area (TPSA) is 63.6 Å². The summed E-state index contributed by atoms with van der Waals surface area (Å²) >= 11 is 0. The number of unbranched alkanes of at least 4 members (excludes halogenated alkanes) is 1. The van der Waals surface area contributed by atoms with Crippen molar-refractivity contribution in [2.75, 3.05) is 6.61 Å². The molecule has 0 bridgehead atoms. The van der Waals surface area contributed by atoms with Crippen LogP contribution in [0.15, 0.2) is 0 Å². The quantitative estimate of drug-likeness (QED) is 0.480. The van der Waals surface area contributed by atoms with E-state index in [1.54, 1.807) is 6.92 Å². The minimum Gasteiger partial charge on any atom is -0.481 e. The molecule has 0 aromatic heterocycles. The average Bonchev–Trinajstić information content (AvgIpc) is 2.02. The summed E-state index contributed by atoms with van der Waals surface area (Å²) in [6, 6.07) is 0. The zero-order valence-electron chi connectivity index (χ0n) is 8.78. The molecule has 4 nitrogen and oxygen atoms in total. The van der Waals surface area contributed by atoms with Gasteiger partial charge in [-0.1, -0.05) is 13.3 Å². The lowest BCUT2D eigenvalue weighted by Gasteiger charge is -2.10. The Morgan fingerprint density at radius 3 is 2.57 bits per heavy atom. The number of carboxylic acid groups (broad SMARTS) is 1. The van der Waals surface area contributed by atoms with Crippen LogP contribution in [0.5, 0.6) is 0 Å². The van der Waals surface area contributed by atoms with Gasteiger partial charge >= 0.3 is 5.97 Å². The second-order valence-electron chi connectivity index (χ2n) is 3.35. The highest BCUT2D eigenvalue weighted by molar-refractivity contribution is 5.94. The van der Waals surface area contributed by atoms with E-state index >= 15 is 0 Å². The number of ether oxygens (including phenoxy) is 1. The average molecular weight is 202 g/mol. The maximum atomic E-state index is 11.0. The van der Waals surface area contributed by atoms with E-state index in [-0.39, 0.29) is 18.3 Å². The van der Waals surface area contributed by atoms with Crippen LogP contribution < -0.4 is 0 Å². The summed E-state index contributed by atoms with van der Waals surface area (Å²) in [6.07, 6.45) is 1.64. The Bertz CT molecular complexity index is 189. The van der Waals surface area contributed by atoms with Crippen molar-refractivity contribution in [2.45, 2.75) is 45.6 Å². The highest BCUT2D eigenvalue weighted by atomic mass is 16.5. The number of hydrogen-bond donors (Lipinski definition) is 1. The number of Topliss-reactive ketones (excluding diaryl/α,β-unsaturated/α-hetero) is 1. The van der Waals surface area contributed by atoms with Crippen molar-refractivity contribution in [1.82, 2.24) is 0 Å². The molecule has 0 rings (SSSR count). The highest BCUT2D eigenvalue weighted by Gasteiger charge is 2.12. The van der Waals surface area contributed by atoms with Gasteiger partial charge in [-0.25, -0.2) is 0 Å². The summed E-state index contributed by atoms with van der Waals surface area (Å²) < 4.78 is 5.32. The number of hydrogen-bond acceptors (Lipinski definition) is 3. The second-order valence-corrected chi connectivity index (χ2v) is 3.35. The monoisotopic (exact) mass is 202 g/mol. The number of rotatable bonds is 8. The maximum absolute atomic E-state index is 11.0. The normalized spacial score (nSPS) is 12.4. The lowest BCUT2D eigenvalue weighted by atomic mass is 10.1. The smallest absolute Gasteiger partial charge is 0.310 e. The number of carbonyl (C=O) groups excluding carboxylic acids is 1.